The van der Waals surface area contributed by atoms with Crippen molar-refractivity contribution in [1.82, 2.24) is 14.9 Å². The molecule has 7 heteroatoms. The molecule has 0 radical (unpaired) electrons. The molecule has 2 aromatic rings. The van der Waals surface area contributed by atoms with Gasteiger partial charge >= 0.3 is 0 Å². The molecule has 3 heterocycles. The quantitative estimate of drug-likeness (QED) is 0.806. The molecule has 0 saturated carbocycles. The molecule has 0 spiro atoms. The number of hydrogen-bond donors (Lipinski definition) is 0. The largest absolute Gasteiger partial charge is 0.337 e. The highest BCUT2D eigenvalue weighted by Crippen LogP contribution is 2.20. The third-order valence-corrected chi connectivity index (χ3v) is 4.74. The van der Waals surface area contributed by atoms with Crippen LogP contribution in [-0.4, -0.2) is 52.7 Å². The first kappa shape index (κ1) is 14.6. The first-order valence-electron chi connectivity index (χ1n) is 7.07. The molecule has 1 aliphatic heterocycles. The Balaban J connectivity index is 1.63. The van der Waals surface area contributed by atoms with Crippen LogP contribution >= 0.6 is 11.3 Å². The number of carbonyl (C=O) groups excluding carboxylic acids is 2. The Morgan fingerprint density at radius 3 is 2.27 bits per heavy atom. The molecule has 1 amide bonds. The van der Waals surface area contributed by atoms with E-state index in [2.05, 4.69) is 14.9 Å². The number of aromatic nitrogens is 2. The van der Waals surface area contributed by atoms with Crippen LogP contribution in [0, 0.1) is 0 Å². The van der Waals surface area contributed by atoms with E-state index in [-0.39, 0.29) is 11.7 Å². The number of piperazine rings is 1. The summed E-state index contributed by atoms with van der Waals surface area (Å²) in [7, 11) is 0. The van der Waals surface area contributed by atoms with Crippen molar-refractivity contribution >= 4 is 29.0 Å². The molecule has 1 saturated heterocycles. The number of ketones is 1. The summed E-state index contributed by atoms with van der Waals surface area (Å²) in [5, 5.41) is 0. The second-order valence-electron chi connectivity index (χ2n) is 5.05. The summed E-state index contributed by atoms with van der Waals surface area (Å²) in [5.74, 6) is 0.686. The van der Waals surface area contributed by atoms with Crippen LogP contribution in [0.25, 0.3) is 0 Å². The van der Waals surface area contributed by atoms with E-state index in [4.69, 9.17) is 0 Å². The number of hydrogen-bond acceptors (Lipinski definition) is 6. The number of Topliss-reactive ketones (excluding diaryl/α,β-unsaturated/α-hetero) is 1. The zero-order valence-electron chi connectivity index (χ0n) is 12.2. The first-order valence-corrected chi connectivity index (χ1v) is 7.89. The smallest absolute Gasteiger partial charge is 0.264 e. The fraction of sp³-hybridized carbons (Fsp3) is 0.333. The number of anilines is 1. The Labute approximate surface area is 132 Å². The van der Waals surface area contributed by atoms with Crippen molar-refractivity contribution in [2.45, 2.75) is 6.92 Å². The molecular weight excluding hydrogens is 300 g/mol. The standard InChI is InChI=1S/C15H16N4O2S/c1-11(20)12-3-4-13(22-12)14(21)18-7-9-19(10-8-18)15-16-5-2-6-17-15/h2-6H,7-10H2,1H3. The highest BCUT2D eigenvalue weighted by atomic mass is 32.1. The predicted molar refractivity (Wildman–Crippen MR) is 84.5 cm³/mol. The SMILES string of the molecule is CC(=O)c1ccc(C(=O)N2CCN(c3ncccn3)CC2)s1. The number of carbonyl (C=O) groups is 2. The van der Waals surface area contributed by atoms with Gasteiger partial charge in [-0.15, -0.1) is 11.3 Å². The van der Waals surface area contributed by atoms with Crippen LogP contribution in [0.1, 0.15) is 26.3 Å². The Morgan fingerprint density at radius 1 is 1.05 bits per heavy atom. The summed E-state index contributed by atoms with van der Waals surface area (Å²) in [4.78, 5) is 37.4. The average molecular weight is 316 g/mol. The maximum atomic E-state index is 12.5. The Hall–Kier alpha value is -2.28. The van der Waals surface area contributed by atoms with Crippen LogP contribution in [-0.2, 0) is 0 Å². The third kappa shape index (κ3) is 2.99. The van der Waals surface area contributed by atoms with Crippen LogP contribution in [0.4, 0.5) is 5.95 Å². The van der Waals surface area contributed by atoms with Crippen molar-refractivity contribution in [3.63, 3.8) is 0 Å². The summed E-state index contributed by atoms with van der Waals surface area (Å²) in [6.07, 6.45) is 3.43. The summed E-state index contributed by atoms with van der Waals surface area (Å²) in [6.45, 7) is 4.19. The first-order chi connectivity index (χ1) is 10.6. The van der Waals surface area contributed by atoms with Gasteiger partial charge in [0.2, 0.25) is 5.95 Å². The number of thiophene rings is 1. The van der Waals surface area contributed by atoms with E-state index in [1.54, 1.807) is 30.6 Å². The molecule has 0 aromatic carbocycles. The van der Waals surface area contributed by atoms with Crippen LogP contribution in [0.3, 0.4) is 0 Å². The second-order valence-corrected chi connectivity index (χ2v) is 6.13. The van der Waals surface area contributed by atoms with Crippen LogP contribution in [0.2, 0.25) is 0 Å². The monoisotopic (exact) mass is 316 g/mol. The maximum absolute atomic E-state index is 12.5. The minimum atomic E-state index is -0.00821. The van der Waals surface area contributed by atoms with E-state index in [0.29, 0.717) is 41.9 Å². The van der Waals surface area contributed by atoms with Gasteiger partial charge in [-0.2, -0.15) is 0 Å². The lowest BCUT2D eigenvalue weighted by Gasteiger charge is -2.34. The van der Waals surface area contributed by atoms with Crippen LogP contribution in [0.5, 0.6) is 0 Å². The van der Waals surface area contributed by atoms with E-state index in [1.165, 1.54) is 18.3 Å². The molecule has 0 aliphatic carbocycles. The zero-order valence-corrected chi connectivity index (χ0v) is 13.0. The molecule has 0 unspecified atom stereocenters. The summed E-state index contributed by atoms with van der Waals surface area (Å²) >= 11 is 1.26. The Bertz CT molecular complexity index is 678. The predicted octanol–water partition coefficient (Wildman–Crippen LogP) is 1.70. The van der Waals surface area contributed by atoms with Crippen LogP contribution in [0.15, 0.2) is 30.6 Å². The van der Waals surface area contributed by atoms with Crippen LogP contribution < -0.4 is 4.90 Å². The molecular formula is C15H16N4O2S. The number of amides is 1. The third-order valence-electron chi connectivity index (χ3n) is 3.57. The average Bonchev–Trinajstić information content (AvgIpc) is 3.05. The molecule has 0 N–H and O–H groups in total. The van der Waals surface area contributed by atoms with Crippen molar-refractivity contribution in [2.75, 3.05) is 31.1 Å². The fourth-order valence-corrected chi connectivity index (χ4v) is 3.23. The van der Waals surface area contributed by atoms with Gasteiger partial charge in [0.1, 0.15) is 0 Å². The lowest BCUT2D eigenvalue weighted by atomic mass is 10.3. The van der Waals surface area contributed by atoms with Gasteiger partial charge in [0.05, 0.1) is 9.75 Å². The topological polar surface area (TPSA) is 66.4 Å². The fourth-order valence-electron chi connectivity index (χ4n) is 2.36. The normalized spacial score (nSPS) is 15.0. The van der Waals surface area contributed by atoms with Crippen molar-refractivity contribution in [1.29, 1.82) is 0 Å². The molecule has 1 fully saturated rings. The summed E-state index contributed by atoms with van der Waals surface area (Å²) < 4.78 is 0. The lowest BCUT2D eigenvalue weighted by Crippen LogP contribution is -2.49. The molecule has 6 nitrogen and oxygen atoms in total. The number of rotatable bonds is 3. The van der Waals surface area contributed by atoms with E-state index in [9.17, 15) is 9.59 Å². The molecule has 22 heavy (non-hydrogen) atoms. The zero-order chi connectivity index (χ0) is 15.5. The molecule has 2 aromatic heterocycles. The van der Waals surface area contributed by atoms with E-state index >= 15 is 0 Å². The van der Waals surface area contributed by atoms with Crippen molar-refractivity contribution in [2.24, 2.45) is 0 Å². The molecule has 0 bridgehead atoms. The lowest BCUT2D eigenvalue weighted by molar-refractivity contribution is 0.0751. The number of nitrogens with zero attached hydrogens (tertiary/aromatic N) is 4. The van der Waals surface area contributed by atoms with Gasteiger partial charge in [-0.3, -0.25) is 9.59 Å². The second kappa shape index (κ2) is 6.23. The Morgan fingerprint density at radius 2 is 1.68 bits per heavy atom. The minimum Gasteiger partial charge on any atom is -0.337 e. The summed E-state index contributed by atoms with van der Waals surface area (Å²) in [5.41, 5.74) is 0. The van der Waals surface area contributed by atoms with Crippen molar-refractivity contribution in [3.05, 3.63) is 40.3 Å². The summed E-state index contributed by atoms with van der Waals surface area (Å²) in [6, 6.07) is 5.23. The van der Waals surface area contributed by atoms with Gasteiger partial charge in [0.15, 0.2) is 5.78 Å². The van der Waals surface area contributed by atoms with Gasteiger partial charge in [-0.05, 0) is 25.1 Å². The highest BCUT2D eigenvalue weighted by Gasteiger charge is 2.24. The molecule has 1 aliphatic rings. The highest BCUT2D eigenvalue weighted by molar-refractivity contribution is 7.15. The molecule has 114 valence electrons. The molecule has 3 rings (SSSR count). The maximum Gasteiger partial charge on any atom is 0.264 e. The van der Waals surface area contributed by atoms with E-state index in [0.717, 1.165) is 0 Å². The van der Waals surface area contributed by atoms with Gasteiger partial charge < -0.3 is 9.80 Å². The van der Waals surface area contributed by atoms with E-state index in [1.807, 2.05) is 4.90 Å². The minimum absolute atomic E-state index is 0.00454. The van der Waals surface area contributed by atoms with Gasteiger partial charge in [-0.1, -0.05) is 0 Å². The van der Waals surface area contributed by atoms with Crippen molar-refractivity contribution in [3.8, 4) is 0 Å². The van der Waals surface area contributed by atoms with Crippen molar-refractivity contribution < 1.29 is 9.59 Å². The van der Waals surface area contributed by atoms with E-state index < -0.39 is 0 Å². The van der Waals surface area contributed by atoms with Gasteiger partial charge in [-0.25, -0.2) is 9.97 Å². The van der Waals surface area contributed by atoms with Gasteiger partial charge in [0, 0.05) is 38.6 Å². The van der Waals surface area contributed by atoms with Gasteiger partial charge in [0.25, 0.3) is 5.91 Å². The molecule has 0 atom stereocenters. The Kier molecular flexibility index (Phi) is 4.15.